The number of methoxy groups -OCH3 is 2. The molecule has 6 heteroatoms. The van der Waals surface area contributed by atoms with Crippen molar-refractivity contribution < 1.29 is 14.6 Å². The van der Waals surface area contributed by atoms with Crippen molar-refractivity contribution in [2.24, 2.45) is 0 Å². The molecule has 6 nitrogen and oxygen atoms in total. The number of fused-ring (bicyclic) bond motifs is 3. The summed E-state index contributed by atoms with van der Waals surface area (Å²) in [4.78, 5) is 0. The number of hydrogen-bond donors (Lipinski definition) is 2. The Morgan fingerprint density at radius 2 is 1.73 bits per heavy atom. The van der Waals surface area contributed by atoms with Gasteiger partial charge in [0.25, 0.3) is 0 Å². The van der Waals surface area contributed by atoms with Gasteiger partial charge in [0.2, 0.25) is 5.75 Å². The largest absolute Gasteiger partial charge is 0.502 e. The van der Waals surface area contributed by atoms with Gasteiger partial charge in [0.15, 0.2) is 11.5 Å². The average Bonchev–Trinajstić information content (AvgIpc) is 3.03. The summed E-state index contributed by atoms with van der Waals surface area (Å²) in [5, 5.41) is 18.4. The van der Waals surface area contributed by atoms with Gasteiger partial charge in [-0.15, -0.1) is 0 Å². The third kappa shape index (κ3) is 2.45. The fraction of sp³-hybridized carbons (Fsp3) is 0.250. The molecule has 1 aromatic heterocycles. The molecule has 1 aliphatic heterocycles. The van der Waals surface area contributed by atoms with Gasteiger partial charge >= 0.3 is 0 Å². The number of hydrogen-bond acceptors (Lipinski definition) is 5. The quantitative estimate of drug-likeness (QED) is 0.750. The predicted molar refractivity (Wildman–Crippen MR) is 100 cm³/mol. The second-order valence-corrected chi connectivity index (χ2v) is 6.49. The van der Waals surface area contributed by atoms with Crippen LogP contribution < -0.4 is 14.8 Å². The first kappa shape index (κ1) is 16.3. The number of aromatic nitrogens is 2. The number of aryl methyl sites for hydroxylation is 2. The number of phenolic OH excluding ortho intramolecular Hbond substituents is 1. The molecule has 2 N–H and O–H groups in total. The molecule has 0 spiro atoms. The maximum Gasteiger partial charge on any atom is 0.200 e. The van der Waals surface area contributed by atoms with Crippen molar-refractivity contribution >= 4 is 5.69 Å². The topological polar surface area (TPSA) is 68.5 Å². The highest BCUT2D eigenvalue weighted by atomic mass is 16.5. The molecule has 0 aliphatic carbocycles. The monoisotopic (exact) mass is 351 g/mol. The van der Waals surface area contributed by atoms with Gasteiger partial charge in [0, 0.05) is 16.8 Å². The van der Waals surface area contributed by atoms with Crippen LogP contribution in [-0.4, -0.2) is 29.1 Å². The third-order valence-corrected chi connectivity index (χ3v) is 4.66. The molecule has 4 rings (SSSR count). The van der Waals surface area contributed by atoms with Crippen LogP contribution in [0.2, 0.25) is 0 Å². The fourth-order valence-electron chi connectivity index (χ4n) is 3.42. The highest BCUT2D eigenvalue weighted by Crippen LogP contribution is 2.43. The van der Waals surface area contributed by atoms with Crippen molar-refractivity contribution in [3.63, 3.8) is 0 Å². The number of rotatable bonds is 3. The van der Waals surface area contributed by atoms with Crippen molar-refractivity contribution in [1.82, 2.24) is 9.78 Å². The van der Waals surface area contributed by atoms with E-state index in [9.17, 15) is 5.11 Å². The van der Waals surface area contributed by atoms with Crippen molar-refractivity contribution in [1.29, 1.82) is 0 Å². The molecule has 0 saturated heterocycles. The molecule has 134 valence electrons. The molecule has 0 radical (unpaired) electrons. The number of nitrogens with one attached hydrogen (secondary N) is 1. The van der Waals surface area contributed by atoms with E-state index in [0.29, 0.717) is 11.5 Å². The molecule has 0 fully saturated rings. The van der Waals surface area contributed by atoms with E-state index in [1.165, 1.54) is 19.8 Å². The molecule has 2 aromatic carbocycles. The van der Waals surface area contributed by atoms with E-state index in [1.54, 1.807) is 12.1 Å². The Bertz CT molecular complexity index is 969. The van der Waals surface area contributed by atoms with E-state index in [1.807, 2.05) is 11.6 Å². The summed E-state index contributed by atoms with van der Waals surface area (Å²) in [7, 11) is 3.04. The number of aromatic hydroxyl groups is 1. The summed E-state index contributed by atoms with van der Waals surface area (Å²) >= 11 is 0. The Labute approximate surface area is 152 Å². The van der Waals surface area contributed by atoms with Gasteiger partial charge in [-0.1, -0.05) is 11.6 Å². The summed E-state index contributed by atoms with van der Waals surface area (Å²) in [5.41, 5.74) is 6.24. The fourth-order valence-corrected chi connectivity index (χ4v) is 3.42. The summed E-state index contributed by atoms with van der Waals surface area (Å²) in [5.74, 6) is 0.713. The van der Waals surface area contributed by atoms with Gasteiger partial charge in [0.1, 0.15) is 6.17 Å². The molecule has 1 aliphatic rings. The number of nitrogens with zero attached hydrogens (tertiary/aromatic N) is 2. The second-order valence-electron chi connectivity index (χ2n) is 6.49. The minimum absolute atomic E-state index is 0.0116. The van der Waals surface area contributed by atoms with Crippen LogP contribution in [0.3, 0.4) is 0 Å². The zero-order valence-corrected chi connectivity index (χ0v) is 15.2. The lowest BCUT2D eigenvalue weighted by atomic mass is 10.0. The molecular weight excluding hydrogens is 330 g/mol. The Kier molecular flexibility index (Phi) is 3.76. The maximum atomic E-state index is 10.2. The molecule has 26 heavy (non-hydrogen) atoms. The number of ether oxygens (including phenoxy) is 2. The SMILES string of the molecule is COc1cc([C@H]2Nc3ccc(C)cc3-c3cc(C)nn32)cc(OC)c1O. The van der Waals surface area contributed by atoms with Gasteiger partial charge in [0.05, 0.1) is 25.6 Å². The van der Waals surface area contributed by atoms with Crippen molar-refractivity contribution in [3.05, 3.63) is 53.2 Å². The molecular formula is C20H21N3O3. The van der Waals surface area contributed by atoms with Crippen LogP contribution in [0.25, 0.3) is 11.3 Å². The van der Waals surface area contributed by atoms with Gasteiger partial charge in [-0.2, -0.15) is 5.10 Å². The van der Waals surface area contributed by atoms with E-state index in [2.05, 4.69) is 41.6 Å². The lowest BCUT2D eigenvalue weighted by Crippen LogP contribution is -2.25. The van der Waals surface area contributed by atoms with Crippen molar-refractivity contribution in [3.8, 4) is 28.5 Å². The van der Waals surface area contributed by atoms with Gasteiger partial charge in [-0.05, 0) is 44.2 Å². The smallest absolute Gasteiger partial charge is 0.200 e. The van der Waals surface area contributed by atoms with E-state index in [0.717, 1.165) is 28.2 Å². The first-order valence-electron chi connectivity index (χ1n) is 8.40. The van der Waals surface area contributed by atoms with Crippen LogP contribution in [0.15, 0.2) is 36.4 Å². The van der Waals surface area contributed by atoms with Gasteiger partial charge in [-0.3, -0.25) is 0 Å². The summed E-state index contributed by atoms with van der Waals surface area (Å²) in [6.07, 6.45) is -0.239. The molecule has 3 aromatic rings. The predicted octanol–water partition coefficient (Wildman–Crippen LogP) is 3.86. The van der Waals surface area contributed by atoms with Gasteiger partial charge in [-0.25, -0.2) is 4.68 Å². The van der Waals surface area contributed by atoms with Crippen LogP contribution in [0.5, 0.6) is 17.2 Å². The summed E-state index contributed by atoms with van der Waals surface area (Å²) in [6, 6.07) is 12.0. The van der Waals surface area contributed by atoms with Crippen LogP contribution in [0.4, 0.5) is 5.69 Å². The van der Waals surface area contributed by atoms with Gasteiger partial charge < -0.3 is 19.9 Å². The van der Waals surface area contributed by atoms with Crippen molar-refractivity contribution in [2.75, 3.05) is 19.5 Å². The lowest BCUT2D eigenvalue weighted by molar-refractivity contribution is 0.338. The molecule has 1 atom stereocenters. The average molecular weight is 351 g/mol. The highest BCUT2D eigenvalue weighted by molar-refractivity contribution is 5.79. The second kappa shape index (κ2) is 5.98. The Morgan fingerprint density at radius 3 is 2.38 bits per heavy atom. The summed E-state index contributed by atoms with van der Waals surface area (Å²) < 4.78 is 12.6. The minimum Gasteiger partial charge on any atom is -0.502 e. The van der Waals surface area contributed by atoms with Crippen LogP contribution in [-0.2, 0) is 0 Å². The Hall–Kier alpha value is -3.15. The zero-order chi connectivity index (χ0) is 18.4. The number of anilines is 1. The van der Waals surface area contributed by atoms with Crippen LogP contribution in [0, 0.1) is 13.8 Å². The van der Waals surface area contributed by atoms with Crippen LogP contribution in [0.1, 0.15) is 23.0 Å². The molecule has 0 unspecified atom stereocenters. The molecule has 2 heterocycles. The Balaban J connectivity index is 1.90. The zero-order valence-electron chi connectivity index (χ0n) is 15.2. The van der Waals surface area contributed by atoms with E-state index >= 15 is 0 Å². The summed E-state index contributed by atoms with van der Waals surface area (Å²) in [6.45, 7) is 4.06. The van der Waals surface area contributed by atoms with Crippen molar-refractivity contribution in [2.45, 2.75) is 20.0 Å². The lowest BCUT2D eigenvalue weighted by Gasteiger charge is -2.30. The normalized spacial score (nSPS) is 15.0. The standard InChI is InChI=1S/C20H21N3O3/c1-11-5-6-15-14(7-11)16-8-12(2)22-23(16)20(21-15)13-9-17(25-3)19(24)18(10-13)26-4/h5-10,20-21,24H,1-4H3/t20-/m0/s1. The first-order valence-corrected chi connectivity index (χ1v) is 8.40. The highest BCUT2D eigenvalue weighted by Gasteiger charge is 2.28. The minimum atomic E-state index is -0.239. The van der Waals surface area contributed by atoms with E-state index < -0.39 is 0 Å². The third-order valence-electron chi connectivity index (χ3n) is 4.66. The van der Waals surface area contributed by atoms with E-state index in [4.69, 9.17) is 9.47 Å². The molecule has 0 saturated carbocycles. The maximum absolute atomic E-state index is 10.2. The number of benzene rings is 2. The first-order chi connectivity index (χ1) is 12.5. The Morgan fingerprint density at radius 1 is 1.04 bits per heavy atom. The van der Waals surface area contributed by atoms with Crippen LogP contribution >= 0.6 is 0 Å². The van der Waals surface area contributed by atoms with E-state index in [-0.39, 0.29) is 11.9 Å². The molecule has 0 amide bonds. The molecule has 0 bridgehead atoms. The number of phenols is 1.